The van der Waals surface area contributed by atoms with Gasteiger partial charge in [-0.05, 0) is 54.3 Å². The Morgan fingerprint density at radius 1 is 1.15 bits per heavy atom. The van der Waals surface area contributed by atoms with Gasteiger partial charge in [-0.25, -0.2) is 4.39 Å². The number of nitrogens with one attached hydrogen (secondary N) is 2. The lowest BCUT2D eigenvalue weighted by molar-refractivity contribution is -0.123. The van der Waals surface area contributed by atoms with Crippen molar-refractivity contribution in [1.29, 1.82) is 0 Å². The SMILES string of the molecule is COc1ccc(CNC(=O)C2(c3c[nH]c4ccc(F)cc34)CC2)cc1OC. The first-order valence-electron chi connectivity index (χ1n) is 8.84. The Hall–Kier alpha value is -3.02. The minimum atomic E-state index is -0.581. The van der Waals surface area contributed by atoms with Gasteiger partial charge in [-0.1, -0.05) is 6.07 Å². The molecule has 1 aromatic heterocycles. The van der Waals surface area contributed by atoms with Crippen molar-refractivity contribution in [3.63, 3.8) is 0 Å². The number of hydrogen-bond donors (Lipinski definition) is 2. The van der Waals surface area contributed by atoms with E-state index in [0.717, 1.165) is 34.9 Å². The summed E-state index contributed by atoms with van der Waals surface area (Å²) in [5.74, 6) is 0.928. The van der Waals surface area contributed by atoms with Crippen LogP contribution in [0.25, 0.3) is 10.9 Å². The van der Waals surface area contributed by atoms with Crippen LogP contribution < -0.4 is 14.8 Å². The number of aromatic amines is 1. The average Bonchev–Trinajstić information content (AvgIpc) is 3.39. The summed E-state index contributed by atoms with van der Waals surface area (Å²) < 4.78 is 24.2. The minimum Gasteiger partial charge on any atom is -0.493 e. The molecule has 2 aromatic carbocycles. The molecular weight excluding hydrogens is 347 g/mol. The summed E-state index contributed by atoms with van der Waals surface area (Å²) in [6.07, 6.45) is 3.34. The molecule has 0 unspecified atom stereocenters. The molecule has 1 amide bonds. The predicted octanol–water partition coefficient (Wildman–Crippen LogP) is 3.67. The fourth-order valence-corrected chi connectivity index (χ4v) is 3.57. The molecule has 1 aliphatic rings. The first-order valence-corrected chi connectivity index (χ1v) is 8.84. The van der Waals surface area contributed by atoms with Gasteiger partial charge in [0.05, 0.1) is 19.6 Å². The Kier molecular flexibility index (Phi) is 4.26. The third-order valence-electron chi connectivity index (χ3n) is 5.25. The van der Waals surface area contributed by atoms with Gasteiger partial charge in [0, 0.05) is 23.6 Å². The van der Waals surface area contributed by atoms with Crippen molar-refractivity contribution in [3.8, 4) is 11.5 Å². The number of fused-ring (bicyclic) bond motifs is 1. The average molecular weight is 368 g/mol. The Bertz CT molecular complexity index is 1010. The maximum absolute atomic E-state index is 13.7. The summed E-state index contributed by atoms with van der Waals surface area (Å²) in [5, 5.41) is 3.79. The number of aromatic nitrogens is 1. The van der Waals surface area contributed by atoms with Crippen LogP contribution in [0, 0.1) is 5.82 Å². The first-order chi connectivity index (χ1) is 13.1. The van der Waals surface area contributed by atoms with Crippen molar-refractivity contribution < 1.29 is 18.7 Å². The van der Waals surface area contributed by atoms with E-state index in [-0.39, 0.29) is 11.7 Å². The number of ether oxygens (including phenoxy) is 2. The smallest absolute Gasteiger partial charge is 0.231 e. The van der Waals surface area contributed by atoms with E-state index in [0.29, 0.717) is 18.0 Å². The topological polar surface area (TPSA) is 63.3 Å². The third-order valence-corrected chi connectivity index (χ3v) is 5.25. The fraction of sp³-hybridized carbons (Fsp3) is 0.286. The number of halogens is 1. The highest BCUT2D eigenvalue weighted by atomic mass is 19.1. The second-order valence-electron chi connectivity index (χ2n) is 6.85. The van der Waals surface area contributed by atoms with Crippen LogP contribution >= 0.6 is 0 Å². The van der Waals surface area contributed by atoms with Gasteiger partial charge in [-0.2, -0.15) is 0 Å². The Balaban J connectivity index is 1.53. The van der Waals surface area contributed by atoms with Crippen LogP contribution in [0.2, 0.25) is 0 Å². The summed E-state index contributed by atoms with van der Waals surface area (Å²) in [6.45, 7) is 0.387. The summed E-state index contributed by atoms with van der Waals surface area (Å²) in [5.41, 5.74) is 2.04. The molecule has 5 nitrogen and oxygen atoms in total. The van der Waals surface area contributed by atoms with E-state index >= 15 is 0 Å². The number of rotatable bonds is 6. The molecule has 27 heavy (non-hydrogen) atoms. The number of carbonyl (C=O) groups is 1. The Morgan fingerprint density at radius 3 is 2.63 bits per heavy atom. The number of H-pyrrole nitrogens is 1. The normalized spacial score (nSPS) is 14.8. The quantitative estimate of drug-likeness (QED) is 0.698. The molecule has 6 heteroatoms. The number of carbonyl (C=O) groups excluding carboxylic acids is 1. The molecule has 0 aliphatic heterocycles. The lowest BCUT2D eigenvalue weighted by Gasteiger charge is -2.16. The van der Waals surface area contributed by atoms with E-state index in [1.807, 2.05) is 24.4 Å². The molecule has 1 fully saturated rings. The van der Waals surface area contributed by atoms with Crippen LogP contribution in [0.3, 0.4) is 0 Å². The molecule has 0 atom stereocenters. The number of benzene rings is 2. The molecule has 2 N–H and O–H groups in total. The molecule has 0 radical (unpaired) electrons. The summed E-state index contributed by atoms with van der Waals surface area (Å²) in [4.78, 5) is 16.1. The maximum atomic E-state index is 13.7. The van der Waals surface area contributed by atoms with Crippen molar-refractivity contribution in [2.24, 2.45) is 0 Å². The van der Waals surface area contributed by atoms with Crippen molar-refractivity contribution in [2.45, 2.75) is 24.8 Å². The molecule has 1 aliphatic carbocycles. The van der Waals surface area contributed by atoms with E-state index in [1.54, 1.807) is 20.3 Å². The van der Waals surface area contributed by atoms with E-state index in [2.05, 4.69) is 10.3 Å². The molecule has 140 valence electrons. The highest BCUT2D eigenvalue weighted by Gasteiger charge is 2.52. The first kappa shape index (κ1) is 17.4. The molecular formula is C21H21FN2O3. The number of amides is 1. The van der Waals surface area contributed by atoms with Crippen molar-refractivity contribution in [3.05, 3.63) is 59.5 Å². The van der Waals surface area contributed by atoms with Crippen molar-refractivity contribution in [1.82, 2.24) is 10.3 Å². The Morgan fingerprint density at radius 2 is 1.93 bits per heavy atom. The van der Waals surface area contributed by atoms with Gasteiger partial charge in [-0.15, -0.1) is 0 Å². The summed E-state index contributed by atoms with van der Waals surface area (Å²) in [7, 11) is 3.16. The molecule has 1 saturated carbocycles. The van der Waals surface area contributed by atoms with Crippen molar-refractivity contribution >= 4 is 16.8 Å². The van der Waals surface area contributed by atoms with E-state index in [9.17, 15) is 9.18 Å². The van der Waals surface area contributed by atoms with Gasteiger partial charge >= 0.3 is 0 Å². The third kappa shape index (κ3) is 3.01. The summed E-state index contributed by atoms with van der Waals surface area (Å²) >= 11 is 0. The minimum absolute atomic E-state index is 0.0394. The van der Waals surface area contributed by atoms with E-state index < -0.39 is 5.41 Å². The van der Waals surface area contributed by atoms with Gasteiger partial charge in [0.1, 0.15) is 5.82 Å². The van der Waals surface area contributed by atoms with Crippen molar-refractivity contribution in [2.75, 3.05) is 14.2 Å². The van der Waals surface area contributed by atoms with Gasteiger partial charge in [0.25, 0.3) is 0 Å². The standard InChI is InChI=1S/C21H21FN2O3/c1-26-18-6-3-13(9-19(18)27-2)11-24-20(25)21(7-8-21)16-12-23-17-5-4-14(22)10-15(16)17/h3-6,9-10,12,23H,7-8,11H2,1-2H3,(H,24,25). The van der Waals surface area contributed by atoms with Gasteiger partial charge in [-0.3, -0.25) is 4.79 Å². The molecule has 3 aromatic rings. The lowest BCUT2D eigenvalue weighted by atomic mass is 9.94. The molecule has 4 rings (SSSR count). The maximum Gasteiger partial charge on any atom is 0.231 e. The van der Waals surface area contributed by atoms with E-state index in [4.69, 9.17) is 9.47 Å². The predicted molar refractivity (Wildman–Crippen MR) is 101 cm³/mol. The van der Waals surface area contributed by atoms with Gasteiger partial charge in [0.2, 0.25) is 5.91 Å². The molecule has 0 saturated heterocycles. The zero-order valence-corrected chi connectivity index (χ0v) is 15.3. The summed E-state index contributed by atoms with van der Waals surface area (Å²) in [6, 6.07) is 10.2. The second kappa shape index (κ2) is 6.61. The highest BCUT2D eigenvalue weighted by Crippen LogP contribution is 2.50. The van der Waals surface area contributed by atoms with Gasteiger partial charge in [0.15, 0.2) is 11.5 Å². The molecule has 0 spiro atoms. The van der Waals surface area contributed by atoms with Crippen LogP contribution in [0.5, 0.6) is 11.5 Å². The number of methoxy groups -OCH3 is 2. The monoisotopic (exact) mass is 368 g/mol. The fourth-order valence-electron chi connectivity index (χ4n) is 3.57. The largest absolute Gasteiger partial charge is 0.493 e. The molecule has 0 bridgehead atoms. The van der Waals surface area contributed by atoms with Crippen LogP contribution in [-0.4, -0.2) is 25.1 Å². The van der Waals surface area contributed by atoms with Gasteiger partial charge < -0.3 is 19.8 Å². The Labute approximate surface area is 156 Å². The second-order valence-corrected chi connectivity index (χ2v) is 6.85. The highest BCUT2D eigenvalue weighted by molar-refractivity contribution is 5.97. The number of hydrogen-bond acceptors (Lipinski definition) is 3. The lowest BCUT2D eigenvalue weighted by Crippen LogP contribution is -2.34. The zero-order chi connectivity index (χ0) is 19.0. The van der Waals surface area contributed by atoms with Crippen LogP contribution in [0.1, 0.15) is 24.0 Å². The zero-order valence-electron chi connectivity index (χ0n) is 15.3. The van der Waals surface area contributed by atoms with Crippen LogP contribution in [0.15, 0.2) is 42.6 Å². The van der Waals surface area contributed by atoms with E-state index in [1.165, 1.54) is 12.1 Å². The van der Waals surface area contributed by atoms with Crippen LogP contribution in [0.4, 0.5) is 4.39 Å². The van der Waals surface area contributed by atoms with Crippen LogP contribution in [-0.2, 0) is 16.8 Å². The molecule has 1 heterocycles.